The highest BCUT2D eigenvalue weighted by Crippen LogP contribution is 2.36. The Balaban J connectivity index is 2.53. The molecular formula is C20H24O12. The Hall–Kier alpha value is -3.38. The van der Waals surface area contributed by atoms with Gasteiger partial charge in [0.2, 0.25) is 6.10 Å². The highest BCUT2D eigenvalue weighted by molar-refractivity contribution is 5.68. The first-order valence-corrected chi connectivity index (χ1v) is 9.44. The van der Waals surface area contributed by atoms with Crippen molar-refractivity contribution >= 4 is 23.9 Å². The average Bonchev–Trinajstić information content (AvgIpc) is 2.66. The fraction of sp³-hybridized carbons (Fsp3) is 0.500. The minimum absolute atomic E-state index is 0.0267. The molecule has 1 aliphatic heterocycles. The first-order chi connectivity index (χ1) is 14.9. The van der Waals surface area contributed by atoms with Gasteiger partial charge in [-0.2, -0.15) is 0 Å². The lowest BCUT2D eigenvalue weighted by Crippen LogP contribution is -2.70. The van der Waals surface area contributed by atoms with E-state index in [0.29, 0.717) is 0 Å². The van der Waals surface area contributed by atoms with Crippen molar-refractivity contribution in [2.75, 3.05) is 6.61 Å². The van der Waals surface area contributed by atoms with Gasteiger partial charge >= 0.3 is 29.9 Å². The van der Waals surface area contributed by atoms with Crippen LogP contribution < -0.4 is 4.74 Å². The van der Waals surface area contributed by atoms with Crippen molar-refractivity contribution in [3.63, 3.8) is 0 Å². The van der Waals surface area contributed by atoms with Crippen molar-refractivity contribution in [1.82, 2.24) is 0 Å². The minimum Gasteiger partial charge on any atom is -0.508 e. The predicted molar refractivity (Wildman–Crippen MR) is 102 cm³/mol. The van der Waals surface area contributed by atoms with Crippen LogP contribution in [0.3, 0.4) is 0 Å². The first kappa shape index (κ1) is 24.9. The molecule has 5 atom stereocenters. The Kier molecular flexibility index (Phi) is 8.00. The Labute approximate surface area is 182 Å². The van der Waals surface area contributed by atoms with Crippen LogP contribution in [0.1, 0.15) is 27.7 Å². The van der Waals surface area contributed by atoms with Crippen LogP contribution in [0.2, 0.25) is 0 Å². The molecule has 0 unspecified atom stereocenters. The molecule has 12 nitrogen and oxygen atoms in total. The summed E-state index contributed by atoms with van der Waals surface area (Å²) in [6.07, 6.45) is -6.25. The van der Waals surface area contributed by atoms with E-state index in [-0.39, 0.29) is 11.5 Å². The second-order valence-electron chi connectivity index (χ2n) is 6.86. The third kappa shape index (κ3) is 6.56. The van der Waals surface area contributed by atoms with Gasteiger partial charge in [0, 0.05) is 27.7 Å². The van der Waals surface area contributed by atoms with Crippen molar-refractivity contribution < 1.29 is 57.8 Å². The van der Waals surface area contributed by atoms with Crippen LogP contribution in [0.4, 0.5) is 0 Å². The van der Waals surface area contributed by atoms with E-state index in [1.54, 1.807) is 0 Å². The summed E-state index contributed by atoms with van der Waals surface area (Å²) in [5.41, 5.74) is 0. The van der Waals surface area contributed by atoms with Crippen LogP contribution in [0.5, 0.6) is 11.5 Å². The van der Waals surface area contributed by atoms with E-state index in [1.165, 1.54) is 24.3 Å². The number of carbonyl (C=O) groups is 4. The van der Waals surface area contributed by atoms with Gasteiger partial charge in [-0.15, -0.1) is 0 Å². The molecule has 32 heavy (non-hydrogen) atoms. The fourth-order valence-corrected chi connectivity index (χ4v) is 3.01. The SMILES string of the molecule is CC(=O)OC[C@H]1O[C@@](O)(Oc2ccc(O)cc2)[C@H](OC(C)=O)[C@@H](OC(C)=O)[C@@H]1OC(C)=O. The summed E-state index contributed by atoms with van der Waals surface area (Å²) in [6, 6.07) is 5.07. The van der Waals surface area contributed by atoms with Crippen molar-refractivity contribution in [2.45, 2.75) is 58.1 Å². The van der Waals surface area contributed by atoms with Gasteiger partial charge in [-0.1, -0.05) is 0 Å². The molecule has 1 aliphatic rings. The van der Waals surface area contributed by atoms with Gasteiger partial charge in [0.1, 0.15) is 24.2 Å². The summed E-state index contributed by atoms with van der Waals surface area (Å²) >= 11 is 0. The summed E-state index contributed by atoms with van der Waals surface area (Å²) in [6.45, 7) is 3.74. The summed E-state index contributed by atoms with van der Waals surface area (Å²) in [5.74, 6) is -6.16. The van der Waals surface area contributed by atoms with E-state index in [1.807, 2.05) is 0 Å². The Bertz CT molecular complexity index is 851. The predicted octanol–water partition coefficient (Wildman–Crippen LogP) is 0.174. The maximum atomic E-state index is 11.8. The van der Waals surface area contributed by atoms with Crippen LogP contribution >= 0.6 is 0 Å². The Morgan fingerprint density at radius 3 is 1.91 bits per heavy atom. The molecule has 0 amide bonds. The molecular weight excluding hydrogens is 432 g/mol. The third-order valence-electron chi connectivity index (χ3n) is 4.12. The molecule has 2 rings (SSSR count). The molecule has 12 heteroatoms. The number of aliphatic hydroxyl groups is 1. The number of rotatable bonds is 7. The maximum absolute atomic E-state index is 11.8. The lowest BCUT2D eigenvalue weighted by molar-refractivity contribution is -0.421. The van der Waals surface area contributed by atoms with Crippen molar-refractivity contribution in [1.29, 1.82) is 0 Å². The van der Waals surface area contributed by atoms with Gasteiger partial charge in [-0.3, -0.25) is 19.2 Å². The molecule has 0 aromatic heterocycles. The van der Waals surface area contributed by atoms with Crippen LogP contribution in [-0.4, -0.2) is 71.1 Å². The monoisotopic (exact) mass is 456 g/mol. The van der Waals surface area contributed by atoms with Gasteiger partial charge in [0.05, 0.1) is 0 Å². The first-order valence-electron chi connectivity index (χ1n) is 9.44. The smallest absolute Gasteiger partial charge is 0.368 e. The van der Waals surface area contributed by atoms with Crippen LogP contribution in [-0.2, 0) is 42.9 Å². The Morgan fingerprint density at radius 1 is 0.875 bits per heavy atom. The number of benzene rings is 1. The maximum Gasteiger partial charge on any atom is 0.368 e. The molecule has 1 aromatic carbocycles. The molecule has 0 saturated carbocycles. The van der Waals surface area contributed by atoms with Gasteiger partial charge in [0.25, 0.3) is 0 Å². The number of hydrogen-bond acceptors (Lipinski definition) is 12. The van der Waals surface area contributed by atoms with Gasteiger partial charge < -0.3 is 38.6 Å². The minimum atomic E-state index is -2.77. The number of aromatic hydroxyl groups is 1. The van der Waals surface area contributed by atoms with E-state index in [2.05, 4.69) is 0 Å². The van der Waals surface area contributed by atoms with E-state index >= 15 is 0 Å². The molecule has 1 fully saturated rings. The molecule has 0 spiro atoms. The summed E-state index contributed by atoms with van der Waals surface area (Å²) in [7, 11) is 0. The zero-order chi connectivity index (χ0) is 24.1. The fourth-order valence-electron chi connectivity index (χ4n) is 3.01. The number of esters is 4. The topological polar surface area (TPSA) is 164 Å². The summed E-state index contributed by atoms with van der Waals surface area (Å²) in [4.78, 5) is 46.5. The van der Waals surface area contributed by atoms with Crippen LogP contribution in [0, 0.1) is 0 Å². The number of phenols is 1. The summed E-state index contributed by atoms with van der Waals surface area (Å²) < 4.78 is 31.5. The zero-order valence-corrected chi connectivity index (χ0v) is 17.8. The molecule has 1 saturated heterocycles. The highest BCUT2D eigenvalue weighted by atomic mass is 16.9. The molecule has 176 valence electrons. The van der Waals surface area contributed by atoms with E-state index in [0.717, 1.165) is 27.7 Å². The lowest BCUT2D eigenvalue weighted by Gasteiger charge is -2.47. The number of hydrogen-bond donors (Lipinski definition) is 2. The van der Waals surface area contributed by atoms with E-state index < -0.39 is 60.9 Å². The van der Waals surface area contributed by atoms with Crippen molar-refractivity contribution in [2.24, 2.45) is 0 Å². The standard InChI is InChI=1S/C20H24O12/c1-10(21)27-9-16-17(28-11(2)22)18(29-12(3)23)19(30-13(4)24)20(26,32-16)31-15-7-5-14(25)6-8-15/h5-8,16-19,25-26H,9H2,1-4H3/t16-,17-,18+,19-,20+/m1/s1. The van der Waals surface area contributed by atoms with Crippen LogP contribution in [0.15, 0.2) is 24.3 Å². The van der Waals surface area contributed by atoms with Crippen LogP contribution in [0.25, 0.3) is 0 Å². The molecule has 1 heterocycles. The van der Waals surface area contributed by atoms with Gasteiger partial charge in [0.15, 0.2) is 12.2 Å². The molecule has 0 aliphatic carbocycles. The second kappa shape index (κ2) is 10.3. The number of ether oxygens (including phenoxy) is 6. The second-order valence-corrected chi connectivity index (χ2v) is 6.86. The molecule has 0 bridgehead atoms. The van der Waals surface area contributed by atoms with E-state index in [4.69, 9.17) is 28.4 Å². The molecule has 0 radical (unpaired) electrons. The largest absolute Gasteiger partial charge is 0.508 e. The van der Waals surface area contributed by atoms with Crippen molar-refractivity contribution in [3.8, 4) is 11.5 Å². The zero-order valence-electron chi connectivity index (χ0n) is 17.8. The molecule has 1 aromatic rings. The van der Waals surface area contributed by atoms with E-state index in [9.17, 15) is 29.4 Å². The van der Waals surface area contributed by atoms with Gasteiger partial charge in [-0.25, -0.2) is 0 Å². The highest BCUT2D eigenvalue weighted by Gasteiger charge is 2.62. The van der Waals surface area contributed by atoms with Gasteiger partial charge in [-0.05, 0) is 24.3 Å². The lowest BCUT2D eigenvalue weighted by atomic mass is 9.96. The Morgan fingerprint density at radius 2 is 1.41 bits per heavy atom. The summed E-state index contributed by atoms with van der Waals surface area (Å²) in [5, 5.41) is 20.7. The third-order valence-corrected chi connectivity index (χ3v) is 4.12. The average molecular weight is 456 g/mol. The molecule has 2 N–H and O–H groups in total. The quantitative estimate of drug-likeness (QED) is 0.325. The normalized spacial score (nSPS) is 27.0. The number of carbonyl (C=O) groups excluding carboxylic acids is 4. The van der Waals surface area contributed by atoms with Crippen molar-refractivity contribution in [3.05, 3.63) is 24.3 Å². The number of phenolic OH excluding ortho intramolecular Hbond substituents is 1.